The van der Waals surface area contributed by atoms with Gasteiger partial charge in [-0.3, -0.25) is 0 Å². The Kier molecular flexibility index (Phi) is 20.8. The first kappa shape index (κ1) is 26.8. The number of halogens is 4. The van der Waals surface area contributed by atoms with E-state index in [0.717, 1.165) is 0 Å². The van der Waals surface area contributed by atoms with Crippen molar-refractivity contribution in [1.29, 1.82) is 0 Å². The second-order valence-corrected chi connectivity index (χ2v) is 62.8. The summed E-state index contributed by atoms with van der Waals surface area (Å²) in [5.41, 5.74) is 0. The second-order valence-electron chi connectivity index (χ2n) is 5.91. The Hall–Kier alpha value is 2.62. The van der Waals surface area contributed by atoms with E-state index >= 15 is 0 Å². The summed E-state index contributed by atoms with van der Waals surface area (Å²) < 4.78 is 1.42. The van der Waals surface area contributed by atoms with E-state index in [0.29, 0.717) is 0 Å². The molecule has 1 nitrogen and oxygen atoms in total. The Balaban J connectivity index is 0. The maximum absolute atomic E-state index is 3.30. The van der Waals surface area contributed by atoms with Gasteiger partial charge in [0.15, 0.2) is 0 Å². The first-order valence-electron chi connectivity index (χ1n) is 8.55. The normalized spacial score (nSPS) is 12.7. The Morgan fingerprint density at radius 2 is 0.727 bits per heavy atom. The quantitative estimate of drug-likeness (QED) is 0.139. The molecule has 0 aliphatic carbocycles. The summed E-state index contributed by atoms with van der Waals surface area (Å²) in [7, 11) is -1.64. The first-order chi connectivity index (χ1) is 10.2. The van der Waals surface area contributed by atoms with E-state index in [1.54, 1.807) is 0 Å². The SMILES string of the molecule is CCCC[N+](CCCC)(CCCC)CCCC.[Br][Au-]([Br])([Br])[Br]. The van der Waals surface area contributed by atoms with E-state index in [1.807, 2.05) is 0 Å². The monoisotopic (exact) mass is 755 g/mol. The summed E-state index contributed by atoms with van der Waals surface area (Å²) in [6, 6.07) is 0. The van der Waals surface area contributed by atoms with Gasteiger partial charge in [-0.05, 0) is 25.7 Å². The van der Waals surface area contributed by atoms with Crippen molar-refractivity contribution in [3.8, 4) is 0 Å². The van der Waals surface area contributed by atoms with Crippen molar-refractivity contribution in [2.45, 2.75) is 79.1 Å². The molecule has 0 aliphatic heterocycles. The van der Waals surface area contributed by atoms with Crippen LogP contribution >= 0.6 is 52.1 Å². The Morgan fingerprint density at radius 1 is 0.545 bits per heavy atom. The minimum absolute atomic E-state index is 1.35. The molecule has 6 heteroatoms. The summed E-state index contributed by atoms with van der Waals surface area (Å²) in [5.74, 6) is 0. The van der Waals surface area contributed by atoms with Crippen LogP contribution in [0.15, 0.2) is 0 Å². The molecular formula is C16H36AuBr4N. The molecule has 0 unspecified atom stereocenters. The molecule has 0 spiro atoms. The van der Waals surface area contributed by atoms with Gasteiger partial charge in [0.2, 0.25) is 0 Å². The van der Waals surface area contributed by atoms with Gasteiger partial charge in [0.25, 0.3) is 0 Å². The average Bonchev–Trinajstić information content (AvgIpc) is 2.44. The molecule has 0 aromatic heterocycles. The molecule has 0 saturated carbocycles. The van der Waals surface area contributed by atoms with E-state index < -0.39 is 8.59 Å². The number of rotatable bonds is 12. The van der Waals surface area contributed by atoms with E-state index in [4.69, 9.17) is 0 Å². The molecule has 0 amide bonds. The van der Waals surface area contributed by atoms with Gasteiger partial charge in [-0.25, -0.2) is 0 Å². The van der Waals surface area contributed by atoms with Crippen molar-refractivity contribution in [1.82, 2.24) is 0 Å². The van der Waals surface area contributed by atoms with Crippen LogP contribution in [0.5, 0.6) is 0 Å². The molecule has 0 aliphatic rings. The fraction of sp³-hybridized carbons (Fsp3) is 1.00. The van der Waals surface area contributed by atoms with Gasteiger partial charge in [-0.15, -0.1) is 0 Å². The van der Waals surface area contributed by atoms with E-state index in [2.05, 4.69) is 79.8 Å². The van der Waals surface area contributed by atoms with E-state index in [-0.39, 0.29) is 0 Å². The molecular weight excluding hydrogens is 723 g/mol. The van der Waals surface area contributed by atoms with Crippen molar-refractivity contribution < 1.29 is 13.1 Å². The van der Waals surface area contributed by atoms with Crippen molar-refractivity contribution in [2.75, 3.05) is 26.2 Å². The molecule has 0 radical (unpaired) electrons. The van der Waals surface area contributed by atoms with Crippen molar-refractivity contribution in [3.05, 3.63) is 0 Å². The number of unbranched alkanes of at least 4 members (excludes halogenated alkanes) is 4. The predicted molar refractivity (Wildman–Crippen MR) is 115 cm³/mol. The molecule has 0 rings (SSSR count). The molecule has 0 heterocycles. The zero-order valence-electron chi connectivity index (χ0n) is 14.7. The molecule has 0 aromatic carbocycles. The fourth-order valence-electron chi connectivity index (χ4n) is 2.64. The molecule has 0 atom stereocenters. The molecule has 0 bridgehead atoms. The van der Waals surface area contributed by atoms with Crippen LogP contribution in [0, 0.1) is 0 Å². The topological polar surface area (TPSA) is 0 Å². The van der Waals surface area contributed by atoms with Crippen LogP contribution in [0.4, 0.5) is 0 Å². The van der Waals surface area contributed by atoms with Crippen molar-refractivity contribution in [2.24, 2.45) is 0 Å². The summed E-state index contributed by atoms with van der Waals surface area (Å²) in [5, 5.41) is 0. The van der Waals surface area contributed by atoms with Gasteiger partial charge in [0.1, 0.15) is 0 Å². The van der Waals surface area contributed by atoms with Crippen LogP contribution in [0.25, 0.3) is 0 Å². The second kappa shape index (κ2) is 17.1. The molecule has 0 N–H and O–H groups in total. The van der Waals surface area contributed by atoms with Crippen LogP contribution < -0.4 is 0 Å². The Bertz CT molecular complexity index is 191. The number of hydrogen-bond donors (Lipinski definition) is 0. The van der Waals surface area contributed by atoms with Gasteiger partial charge in [-0.1, -0.05) is 53.4 Å². The fourth-order valence-corrected chi connectivity index (χ4v) is 2.64. The summed E-state index contributed by atoms with van der Waals surface area (Å²) >= 11 is 13.2. The third kappa shape index (κ3) is 20.7. The third-order valence-electron chi connectivity index (χ3n) is 3.94. The van der Waals surface area contributed by atoms with Crippen LogP contribution in [0.3, 0.4) is 0 Å². The third-order valence-corrected chi connectivity index (χ3v) is 3.94. The summed E-state index contributed by atoms with van der Waals surface area (Å²) in [6.07, 6.45) is 11.1. The Labute approximate surface area is 168 Å². The zero-order chi connectivity index (χ0) is 17.5. The summed E-state index contributed by atoms with van der Waals surface area (Å²) in [4.78, 5) is 0. The number of quaternary nitrogens is 1. The van der Waals surface area contributed by atoms with Crippen LogP contribution in [-0.2, 0) is 8.59 Å². The van der Waals surface area contributed by atoms with E-state index in [9.17, 15) is 0 Å². The first-order valence-corrected chi connectivity index (χ1v) is 27.5. The molecule has 0 saturated heterocycles. The molecule has 22 heavy (non-hydrogen) atoms. The van der Waals surface area contributed by atoms with Gasteiger partial charge in [0, 0.05) is 0 Å². The van der Waals surface area contributed by atoms with Gasteiger partial charge < -0.3 is 4.48 Å². The van der Waals surface area contributed by atoms with Gasteiger partial charge in [0.05, 0.1) is 26.2 Å². The molecule has 0 fully saturated rings. The van der Waals surface area contributed by atoms with E-state index in [1.165, 1.54) is 82.0 Å². The number of hydrogen-bond acceptors (Lipinski definition) is 0. The maximum atomic E-state index is 3.30. The molecule has 0 aromatic rings. The van der Waals surface area contributed by atoms with Gasteiger partial charge >= 0.3 is 60.7 Å². The predicted octanol–water partition coefficient (Wildman–Crippen LogP) is 8.38. The number of nitrogens with zero attached hydrogens (tertiary/aromatic N) is 1. The van der Waals surface area contributed by atoms with Gasteiger partial charge in [-0.2, -0.15) is 0 Å². The van der Waals surface area contributed by atoms with Crippen molar-refractivity contribution in [3.63, 3.8) is 0 Å². The standard InChI is InChI=1S/C16H36N.Au.4BrH/c1-5-9-13-17(14-10-6-2,15-11-7-3)16-12-8-4;;;;;/h5-16H2,1-4H3;;4*1H/q+1;+3;;;;/p-4. The minimum atomic E-state index is -1.64. The van der Waals surface area contributed by atoms with Crippen LogP contribution in [-0.4, -0.2) is 30.7 Å². The summed E-state index contributed by atoms with van der Waals surface area (Å²) in [6.45, 7) is 15.0. The molecule has 144 valence electrons. The van der Waals surface area contributed by atoms with Crippen LogP contribution in [0.1, 0.15) is 79.1 Å². The van der Waals surface area contributed by atoms with Crippen LogP contribution in [0.2, 0.25) is 0 Å². The Morgan fingerprint density at radius 3 is 0.864 bits per heavy atom. The zero-order valence-corrected chi connectivity index (χ0v) is 23.3. The van der Waals surface area contributed by atoms with Crippen molar-refractivity contribution >= 4 is 52.1 Å². The average molecular weight is 759 g/mol.